The van der Waals surface area contributed by atoms with Crippen LogP contribution in [0.5, 0.6) is 0 Å². The van der Waals surface area contributed by atoms with Crippen molar-refractivity contribution in [1.29, 1.82) is 0 Å². The zero-order valence-corrected chi connectivity index (χ0v) is 53.5. The van der Waals surface area contributed by atoms with Gasteiger partial charge in [-0.15, -0.1) is 0 Å². The van der Waals surface area contributed by atoms with Crippen LogP contribution in [0.25, 0.3) is 0 Å². The molecule has 0 aromatic heterocycles. The highest BCUT2D eigenvalue weighted by atomic mass is 32.2. The summed E-state index contributed by atoms with van der Waals surface area (Å²) in [6.45, 7) is 14.7. The summed E-state index contributed by atoms with van der Waals surface area (Å²) < 4.78 is 14.9. The van der Waals surface area contributed by atoms with Gasteiger partial charge in [-0.25, -0.2) is 4.79 Å². The van der Waals surface area contributed by atoms with Gasteiger partial charge in [0.1, 0.15) is 34.4 Å². The summed E-state index contributed by atoms with van der Waals surface area (Å²) in [4.78, 5) is 142. The number of aliphatic carboxylic acids is 1. The van der Waals surface area contributed by atoms with Crippen molar-refractivity contribution in [2.24, 2.45) is 23.7 Å². The van der Waals surface area contributed by atoms with Crippen LogP contribution >= 0.6 is 49.0 Å². The maximum Gasteiger partial charge on any atom is 0.326 e. The number of benzene rings is 1. The van der Waals surface area contributed by atoms with Crippen molar-refractivity contribution in [1.82, 2.24) is 40.3 Å². The highest BCUT2D eigenvalue weighted by Crippen LogP contribution is 2.35. The van der Waals surface area contributed by atoms with Crippen LogP contribution in [0.4, 0.5) is 0 Å². The lowest BCUT2D eigenvalue weighted by Gasteiger charge is -2.41. The first kappa shape index (κ1) is 72.0. The van der Waals surface area contributed by atoms with E-state index >= 15 is 0 Å². The molecular weight excluding hydrogens is 1130 g/mol. The number of ketones is 1. The van der Waals surface area contributed by atoms with E-state index in [-0.39, 0.29) is 71.9 Å². The van der Waals surface area contributed by atoms with Gasteiger partial charge in [-0.3, -0.25) is 52.8 Å². The van der Waals surface area contributed by atoms with Crippen LogP contribution in [0.15, 0.2) is 30.3 Å². The quantitative estimate of drug-likeness (QED) is 0.0217. The van der Waals surface area contributed by atoms with E-state index in [1.54, 1.807) is 62.1 Å². The van der Waals surface area contributed by atoms with E-state index in [1.165, 1.54) is 26.0 Å². The maximum atomic E-state index is 14.8. The number of carbonyl (C=O) groups is 10. The first-order valence-corrected chi connectivity index (χ1v) is 31.4. The minimum atomic E-state index is -1.18. The van der Waals surface area contributed by atoms with Crippen molar-refractivity contribution in [3.63, 3.8) is 0 Å². The van der Waals surface area contributed by atoms with Crippen LogP contribution in [-0.2, 0) is 63.8 Å². The Morgan fingerprint density at radius 3 is 1.99 bits per heavy atom. The summed E-state index contributed by atoms with van der Waals surface area (Å²) in [7, 11) is 7.73. The third kappa shape index (κ3) is 19.7. The number of likely N-dealkylation sites (tertiary alicyclic amines) is 2. The van der Waals surface area contributed by atoms with Gasteiger partial charge in [0.05, 0.1) is 48.7 Å². The predicted molar refractivity (Wildman–Crippen MR) is 325 cm³/mol. The first-order chi connectivity index (χ1) is 38.8. The Labute approximate surface area is 505 Å². The number of carboxylic acid groups (broad SMARTS) is 1. The number of ether oxygens (including phenoxy) is 2. The third-order valence-corrected chi connectivity index (χ3v) is 19.0. The van der Waals surface area contributed by atoms with Gasteiger partial charge in [-0.1, -0.05) is 115 Å². The lowest BCUT2D eigenvalue weighted by Crippen LogP contribution is -2.60. The molecule has 2 aliphatic rings. The van der Waals surface area contributed by atoms with Gasteiger partial charge in [0.15, 0.2) is 0 Å². The van der Waals surface area contributed by atoms with Gasteiger partial charge < -0.3 is 45.2 Å². The molecule has 462 valence electrons. The average molecular weight is 1230 g/mol. The van der Waals surface area contributed by atoms with E-state index in [9.17, 15) is 53.1 Å². The van der Waals surface area contributed by atoms with Crippen LogP contribution in [0.2, 0.25) is 0 Å². The summed E-state index contributed by atoms with van der Waals surface area (Å²) in [5.74, 6) is -5.83. The highest BCUT2D eigenvalue weighted by Gasteiger charge is 2.50. The molecule has 21 nitrogen and oxygen atoms in total. The lowest BCUT2D eigenvalue weighted by atomic mass is 9.89. The molecular formula is C57H92N8O13S4. The zero-order valence-electron chi connectivity index (χ0n) is 50.1. The average Bonchev–Trinajstić information content (AvgIpc) is 4.23. The monoisotopic (exact) mass is 1220 g/mol. The molecule has 1 aromatic rings. The van der Waals surface area contributed by atoms with Gasteiger partial charge in [-0.05, 0) is 63.0 Å². The molecule has 7 amide bonds. The second-order valence-corrected chi connectivity index (χ2v) is 25.0. The van der Waals surface area contributed by atoms with E-state index in [0.717, 1.165) is 34.2 Å². The molecule has 3 rings (SSSR count). The van der Waals surface area contributed by atoms with Gasteiger partial charge >= 0.3 is 5.97 Å². The standard InChI is InChI=1S/C57H92N8O13S4/c1-14-34(6)47(42(77-12)29-44(68)64-27-21-24-41(64)48(78-13)35(7)51(69)59-38(56(74)75)28-37-22-17-15-18-23-37)63(11)53(71)45(32(2)3)60-52(70)46(33(4)5)62(10)43(67)25-19-16-20-26-65-54(72)49(81-57(76)40(31-80)58-9)50(55(65)73)82-61-39(30-79)36(8)66/h15,17-18,22-23,32-35,38-42,45-50,58,61,79-80H,14,16,19-21,24-31H2,1-13H3,(H,59,69)(H,60,70)(H,74,75)/t34-,35-,38+,39+,40+,41+,42-,45+,46+,47+,48-,49?,50?/m1/s1. The van der Waals surface area contributed by atoms with Crippen LogP contribution in [0, 0.1) is 23.7 Å². The molecule has 1 aromatic carbocycles. The topological polar surface area (TPSA) is 270 Å². The molecule has 0 bridgehead atoms. The summed E-state index contributed by atoms with van der Waals surface area (Å²) in [6, 6.07) is 3.37. The molecule has 13 atom stereocenters. The van der Waals surface area contributed by atoms with Crippen LogP contribution in [0.1, 0.15) is 112 Å². The number of imide groups is 1. The second-order valence-electron chi connectivity index (χ2n) is 22.1. The van der Waals surface area contributed by atoms with Gasteiger partial charge in [0, 0.05) is 65.8 Å². The van der Waals surface area contributed by atoms with E-state index in [2.05, 4.69) is 45.9 Å². The number of amides is 7. The predicted octanol–water partition coefficient (Wildman–Crippen LogP) is 3.91. The van der Waals surface area contributed by atoms with E-state index in [1.807, 2.05) is 47.6 Å². The van der Waals surface area contributed by atoms with Gasteiger partial charge in [0.2, 0.25) is 46.5 Å². The number of methoxy groups -OCH3 is 2. The molecule has 0 saturated carbocycles. The van der Waals surface area contributed by atoms with Crippen molar-refractivity contribution in [3.05, 3.63) is 35.9 Å². The van der Waals surface area contributed by atoms with Crippen molar-refractivity contribution >= 4 is 107 Å². The number of hydrogen-bond donors (Lipinski definition) is 7. The Balaban J connectivity index is 1.70. The fraction of sp³-hybridized carbons (Fsp3) is 0.719. The van der Waals surface area contributed by atoms with Crippen LogP contribution in [-0.4, -0.2) is 208 Å². The molecule has 0 aliphatic carbocycles. The fourth-order valence-electron chi connectivity index (χ4n) is 10.6. The van der Waals surface area contributed by atoms with E-state index in [4.69, 9.17) is 9.47 Å². The number of carboxylic acids is 1. The smallest absolute Gasteiger partial charge is 0.326 e. The number of carbonyl (C=O) groups excluding carboxylic acids is 9. The van der Waals surface area contributed by atoms with Crippen molar-refractivity contribution < 1.29 is 62.5 Å². The number of nitrogens with zero attached hydrogens (tertiary/aromatic N) is 4. The zero-order chi connectivity index (χ0) is 61.7. The largest absolute Gasteiger partial charge is 0.480 e. The molecule has 2 fully saturated rings. The Hall–Kier alpha value is -4.24. The van der Waals surface area contributed by atoms with Crippen molar-refractivity contribution in [2.75, 3.05) is 60.0 Å². The Kier molecular flexibility index (Phi) is 31.0. The molecule has 0 spiro atoms. The SMILES string of the molecule is CC[C@@H](C)[C@@H]([C@@H](CC(=O)N1CCC[C@H]1[C@H](OC)[C@@H](C)C(=O)N[C@@H](Cc1ccccc1)C(=O)O)OC)N(C)C(=O)[C@@H](NC(=O)[C@H](C(C)C)N(C)C(=O)CCCCCN1C(=O)C(SN[C@@H](CS)C(C)=O)C(SC(=O)[C@H](CS)NC)C1=O)C(C)C. The molecule has 25 heteroatoms. The van der Waals surface area contributed by atoms with Gasteiger partial charge in [0.25, 0.3) is 0 Å². The minimum Gasteiger partial charge on any atom is -0.480 e. The Bertz CT molecular complexity index is 2320. The number of thioether (sulfide) groups is 1. The number of likely N-dealkylation sites (N-methyl/N-ethyl adjacent to an activating group) is 3. The minimum absolute atomic E-state index is 0.0497. The number of rotatable bonds is 36. The molecule has 2 aliphatic heterocycles. The van der Waals surface area contributed by atoms with Crippen LogP contribution in [0.3, 0.4) is 0 Å². The molecule has 5 N–H and O–H groups in total. The molecule has 82 heavy (non-hydrogen) atoms. The molecule has 0 radical (unpaired) electrons. The maximum absolute atomic E-state index is 14.8. The summed E-state index contributed by atoms with van der Waals surface area (Å²) in [5, 5.41) is 16.1. The van der Waals surface area contributed by atoms with E-state index < -0.39 is 112 Å². The lowest BCUT2D eigenvalue weighted by molar-refractivity contribution is -0.149. The Morgan fingerprint density at radius 1 is 0.817 bits per heavy atom. The van der Waals surface area contributed by atoms with Crippen LogP contribution < -0.4 is 20.7 Å². The number of Topliss-reactive ketones (excluding diaryl/α,β-unsaturated/α-hetero) is 1. The third-order valence-electron chi connectivity index (χ3n) is 15.7. The first-order valence-electron chi connectivity index (χ1n) is 28.4. The number of unbranched alkanes of at least 4 members (excludes halogenated alkanes) is 2. The van der Waals surface area contributed by atoms with Crippen molar-refractivity contribution in [2.45, 2.75) is 178 Å². The highest BCUT2D eigenvalue weighted by molar-refractivity contribution is 8.15. The molecule has 2 unspecified atom stereocenters. The summed E-state index contributed by atoms with van der Waals surface area (Å²) >= 11 is 10.1. The fourth-order valence-corrected chi connectivity index (χ4v) is 14.0. The second kappa shape index (κ2) is 35.3. The number of nitrogens with one attached hydrogen (secondary N) is 4. The van der Waals surface area contributed by atoms with E-state index in [0.29, 0.717) is 45.1 Å². The van der Waals surface area contributed by atoms with Crippen molar-refractivity contribution in [3.8, 4) is 0 Å². The molecule has 2 heterocycles. The summed E-state index contributed by atoms with van der Waals surface area (Å²) in [6.07, 6.45) is 1.48. The Morgan fingerprint density at radius 2 is 1.45 bits per heavy atom. The normalized spacial score (nSPS) is 20.1. The number of thiol groups is 2. The molecule has 2 saturated heterocycles. The van der Waals surface area contributed by atoms with Gasteiger partial charge in [-0.2, -0.15) is 25.3 Å². The summed E-state index contributed by atoms with van der Waals surface area (Å²) in [5.41, 5.74) is 0.750. The number of hydrogen-bond acceptors (Lipinski definition) is 18.